The predicted octanol–water partition coefficient (Wildman–Crippen LogP) is 14.3. The average Bonchev–Trinajstić information content (AvgIpc) is 3.94. The van der Waals surface area contributed by atoms with Crippen molar-refractivity contribution < 1.29 is 0 Å². The minimum atomic E-state index is -2.82. The van der Waals surface area contributed by atoms with Crippen LogP contribution in [0.15, 0.2) is 279 Å². The fourth-order valence-corrected chi connectivity index (χ4v) is 15.9. The van der Waals surface area contributed by atoms with Gasteiger partial charge in [-0.3, -0.25) is 0 Å². The summed E-state index contributed by atoms with van der Waals surface area (Å²) in [6.45, 7) is 0. The van der Waals surface area contributed by atoms with Gasteiger partial charge >= 0.3 is 0 Å². The lowest BCUT2D eigenvalue weighted by Gasteiger charge is -2.34. The van der Waals surface area contributed by atoms with Crippen molar-refractivity contribution in [1.29, 1.82) is 0 Å². The van der Waals surface area contributed by atoms with Crippen LogP contribution in [0, 0.1) is 0 Å². The number of aromatic nitrogens is 2. The molecule has 0 aliphatic rings. The quantitative estimate of drug-likeness (QED) is 0.101. The molecule has 13 aromatic rings. The summed E-state index contributed by atoms with van der Waals surface area (Å²) in [6.07, 6.45) is 0. The molecule has 324 valence electrons. The second-order valence-corrected chi connectivity index (χ2v) is 21.9. The molecule has 0 atom stereocenters. The molecule has 13 rings (SSSR count). The molecule has 0 saturated carbocycles. The van der Waals surface area contributed by atoms with Crippen molar-refractivity contribution >= 4 is 72.4 Å². The molecule has 3 heteroatoms. The van der Waals surface area contributed by atoms with Crippen LogP contribution in [0.1, 0.15) is 0 Å². The first kappa shape index (κ1) is 40.5. The van der Waals surface area contributed by atoms with Gasteiger partial charge in [0.25, 0.3) is 0 Å². The number of nitrogens with zero attached hydrogens (tertiary/aromatic N) is 2. The molecule has 2 nitrogen and oxygen atoms in total. The monoisotopic (exact) mass is 894 g/mol. The SMILES string of the molecule is c1ccc(-c2cccc(-c3ccc(-n4c5ccc(-c6ccc7c(c6)c6ccccc6n7-c6ccccc6)cc5c5cc([Si](c6ccccc6)(c6ccccc6)c6ccccc6)ccc54)cc3)c2)cc1. The summed E-state index contributed by atoms with van der Waals surface area (Å²) in [4.78, 5) is 0. The molecular weight excluding hydrogens is 849 g/mol. The van der Waals surface area contributed by atoms with Crippen LogP contribution in [0.2, 0.25) is 0 Å². The number of benzene rings is 11. The Morgan fingerprint density at radius 1 is 0.203 bits per heavy atom. The molecule has 0 aliphatic heterocycles. The molecule has 0 radical (unpaired) electrons. The van der Waals surface area contributed by atoms with Gasteiger partial charge in [-0.2, -0.15) is 0 Å². The lowest BCUT2D eigenvalue weighted by Crippen LogP contribution is -2.74. The Balaban J connectivity index is 1.03. The van der Waals surface area contributed by atoms with Crippen molar-refractivity contribution in [3.63, 3.8) is 0 Å². The third-order valence-electron chi connectivity index (χ3n) is 14.3. The van der Waals surface area contributed by atoms with E-state index in [0.717, 1.165) is 11.4 Å². The van der Waals surface area contributed by atoms with Crippen molar-refractivity contribution in [1.82, 2.24) is 9.13 Å². The van der Waals surface area contributed by atoms with Gasteiger partial charge in [0.05, 0.1) is 22.1 Å². The van der Waals surface area contributed by atoms with Crippen molar-refractivity contribution in [2.45, 2.75) is 0 Å². The van der Waals surface area contributed by atoms with Gasteiger partial charge in [-0.1, -0.05) is 212 Å². The predicted molar refractivity (Wildman–Crippen MR) is 295 cm³/mol. The Morgan fingerprint density at radius 3 is 1.12 bits per heavy atom. The van der Waals surface area contributed by atoms with E-state index in [1.165, 1.54) is 97.7 Å². The zero-order valence-electron chi connectivity index (χ0n) is 38.0. The Bertz CT molecular complexity index is 3870. The van der Waals surface area contributed by atoms with E-state index in [1.807, 2.05) is 0 Å². The third kappa shape index (κ3) is 6.78. The van der Waals surface area contributed by atoms with E-state index in [2.05, 4.69) is 288 Å². The van der Waals surface area contributed by atoms with Gasteiger partial charge in [-0.05, 0) is 121 Å². The molecule has 0 fully saturated rings. The highest BCUT2D eigenvalue weighted by Gasteiger charge is 2.41. The molecule has 0 aliphatic carbocycles. The Morgan fingerprint density at radius 2 is 0.565 bits per heavy atom. The first-order chi connectivity index (χ1) is 34.2. The van der Waals surface area contributed by atoms with Crippen molar-refractivity contribution in [2.24, 2.45) is 0 Å². The average molecular weight is 895 g/mol. The zero-order valence-corrected chi connectivity index (χ0v) is 39.0. The Kier molecular flexibility index (Phi) is 9.88. The summed E-state index contributed by atoms with van der Waals surface area (Å²) in [7, 11) is -2.82. The lowest BCUT2D eigenvalue weighted by atomic mass is 9.99. The molecule has 0 saturated heterocycles. The van der Waals surface area contributed by atoms with Crippen LogP contribution in [0.4, 0.5) is 0 Å². The molecule has 11 aromatic carbocycles. The zero-order chi connectivity index (χ0) is 45.7. The van der Waals surface area contributed by atoms with E-state index < -0.39 is 8.07 Å². The van der Waals surface area contributed by atoms with E-state index in [-0.39, 0.29) is 0 Å². The Labute approximate surface area is 403 Å². The maximum atomic E-state index is 2.54. The molecular formula is C66H46N2Si. The maximum Gasteiger partial charge on any atom is 0.179 e. The van der Waals surface area contributed by atoms with Crippen LogP contribution < -0.4 is 20.7 Å². The normalized spacial score (nSPS) is 11.8. The standard InChI is InChI=1S/C66H46N2Si/c1-6-19-47(20-7-1)49-21-18-22-50(43-49)48-33-37-54(38-34-48)68-65-41-36-52(51-35-40-64-60(44-51)59-31-16-17-32-63(59)67(64)53-23-8-2-9-24-53)45-61(65)62-46-58(39-42-66(62)68)69(55-25-10-3-11-26-55,56-27-12-4-13-28-56)57-29-14-5-15-30-57/h1-46H. The minimum absolute atomic E-state index is 1.13. The summed E-state index contributed by atoms with van der Waals surface area (Å²) in [5.41, 5.74) is 14.3. The highest BCUT2D eigenvalue weighted by atomic mass is 28.3. The van der Waals surface area contributed by atoms with Gasteiger partial charge in [0.15, 0.2) is 8.07 Å². The lowest BCUT2D eigenvalue weighted by molar-refractivity contribution is 1.18. The molecule has 69 heavy (non-hydrogen) atoms. The van der Waals surface area contributed by atoms with Gasteiger partial charge in [0, 0.05) is 32.9 Å². The largest absolute Gasteiger partial charge is 0.309 e. The van der Waals surface area contributed by atoms with Crippen LogP contribution in [0.3, 0.4) is 0 Å². The van der Waals surface area contributed by atoms with Gasteiger partial charge in [0.1, 0.15) is 0 Å². The number of rotatable bonds is 9. The summed E-state index contributed by atoms with van der Waals surface area (Å²) < 4.78 is 4.86. The Hall–Kier alpha value is -8.76. The highest BCUT2D eigenvalue weighted by molar-refractivity contribution is 7.20. The first-order valence-electron chi connectivity index (χ1n) is 23.8. The highest BCUT2D eigenvalue weighted by Crippen LogP contribution is 2.39. The van der Waals surface area contributed by atoms with Crippen molar-refractivity contribution in [3.8, 4) is 44.8 Å². The second-order valence-electron chi connectivity index (χ2n) is 18.1. The second kappa shape index (κ2) is 16.8. The number of para-hydroxylation sites is 2. The van der Waals surface area contributed by atoms with Gasteiger partial charge in [-0.25, -0.2) is 0 Å². The van der Waals surface area contributed by atoms with Crippen LogP contribution >= 0.6 is 0 Å². The van der Waals surface area contributed by atoms with E-state index in [1.54, 1.807) is 0 Å². The minimum Gasteiger partial charge on any atom is -0.309 e. The molecule has 2 aromatic heterocycles. The summed E-state index contributed by atoms with van der Waals surface area (Å²) in [6, 6.07) is 103. The van der Waals surface area contributed by atoms with Gasteiger partial charge in [-0.15, -0.1) is 0 Å². The van der Waals surface area contributed by atoms with E-state index in [0.29, 0.717) is 0 Å². The summed E-state index contributed by atoms with van der Waals surface area (Å²) in [5.74, 6) is 0. The van der Waals surface area contributed by atoms with Gasteiger partial charge in [0.2, 0.25) is 0 Å². The molecule has 2 heterocycles. The topological polar surface area (TPSA) is 9.86 Å². The van der Waals surface area contributed by atoms with E-state index >= 15 is 0 Å². The fraction of sp³-hybridized carbons (Fsp3) is 0. The molecule has 0 spiro atoms. The van der Waals surface area contributed by atoms with E-state index in [4.69, 9.17) is 0 Å². The van der Waals surface area contributed by atoms with E-state index in [9.17, 15) is 0 Å². The smallest absolute Gasteiger partial charge is 0.179 e. The first-order valence-corrected chi connectivity index (χ1v) is 25.8. The van der Waals surface area contributed by atoms with Crippen molar-refractivity contribution in [2.75, 3.05) is 0 Å². The third-order valence-corrected chi connectivity index (χ3v) is 19.0. The molecule has 0 amide bonds. The number of hydrogen-bond donors (Lipinski definition) is 0. The fourth-order valence-electron chi connectivity index (χ4n) is 11.1. The van der Waals surface area contributed by atoms with Crippen LogP contribution in [-0.2, 0) is 0 Å². The summed E-state index contributed by atoms with van der Waals surface area (Å²) in [5, 5.41) is 10.4. The van der Waals surface area contributed by atoms with Crippen LogP contribution in [0.5, 0.6) is 0 Å². The molecule has 0 unspecified atom stereocenters. The summed E-state index contributed by atoms with van der Waals surface area (Å²) >= 11 is 0. The number of hydrogen-bond acceptors (Lipinski definition) is 0. The van der Waals surface area contributed by atoms with Crippen LogP contribution in [0.25, 0.3) is 88.4 Å². The number of fused-ring (bicyclic) bond motifs is 6. The maximum absolute atomic E-state index is 2.82. The van der Waals surface area contributed by atoms with Gasteiger partial charge < -0.3 is 9.13 Å². The molecule has 0 bridgehead atoms. The van der Waals surface area contributed by atoms with Crippen LogP contribution in [-0.4, -0.2) is 17.2 Å². The molecule has 0 N–H and O–H groups in total. The van der Waals surface area contributed by atoms with Crippen molar-refractivity contribution in [3.05, 3.63) is 279 Å².